The molecule has 0 saturated carbocycles. The van der Waals surface area contributed by atoms with Crippen molar-refractivity contribution in [2.75, 3.05) is 7.11 Å². The van der Waals surface area contributed by atoms with E-state index in [0.29, 0.717) is 15.8 Å². The van der Waals surface area contributed by atoms with Crippen LogP contribution in [-0.2, 0) is 0 Å². The van der Waals surface area contributed by atoms with Crippen LogP contribution in [-0.4, -0.2) is 23.1 Å². The molecule has 1 heterocycles. The highest BCUT2D eigenvalue weighted by Crippen LogP contribution is 2.45. The van der Waals surface area contributed by atoms with Crippen LogP contribution in [0, 0.1) is 5.82 Å². The number of carbonyl (C=O) groups excluding carboxylic acids is 1. The third-order valence-corrected chi connectivity index (χ3v) is 5.89. The molecule has 29 heavy (non-hydrogen) atoms. The second kappa shape index (κ2) is 8.27. The maximum absolute atomic E-state index is 13.7. The maximum Gasteiger partial charge on any atom is 0.275 e. The largest absolute Gasteiger partial charge is 0.496 e. The van der Waals surface area contributed by atoms with Gasteiger partial charge in [0.2, 0.25) is 0 Å². The molecule has 1 aliphatic heterocycles. The van der Waals surface area contributed by atoms with Crippen LogP contribution in [0.5, 0.6) is 5.75 Å². The first-order valence-corrected chi connectivity index (χ1v) is 10.1. The summed E-state index contributed by atoms with van der Waals surface area (Å²) in [5.41, 5.74) is 1.87. The minimum atomic E-state index is -0.474. The lowest BCUT2D eigenvalue weighted by Crippen LogP contribution is -2.26. The van der Waals surface area contributed by atoms with Gasteiger partial charge in [-0.15, -0.1) is 0 Å². The van der Waals surface area contributed by atoms with Crippen LogP contribution >= 0.6 is 23.4 Å². The quantitative estimate of drug-likeness (QED) is 0.534. The number of hydrazone groups is 1. The van der Waals surface area contributed by atoms with Crippen molar-refractivity contribution in [3.05, 3.63) is 100 Å². The zero-order chi connectivity index (χ0) is 20.4. The van der Waals surface area contributed by atoms with Gasteiger partial charge in [-0.1, -0.05) is 59.8 Å². The number of hydrogen-bond acceptors (Lipinski definition) is 4. The normalized spacial score (nSPS) is 15.9. The minimum Gasteiger partial charge on any atom is -0.496 e. The summed E-state index contributed by atoms with van der Waals surface area (Å²) in [5.74, 6) is -0.218. The van der Waals surface area contributed by atoms with E-state index in [9.17, 15) is 9.18 Å². The van der Waals surface area contributed by atoms with E-state index < -0.39 is 17.1 Å². The van der Waals surface area contributed by atoms with Crippen LogP contribution in [0.1, 0.15) is 26.9 Å². The average Bonchev–Trinajstić information content (AvgIpc) is 3.19. The number of benzene rings is 3. The zero-order valence-corrected chi connectivity index (χ0v) is 17.0. The number of methoxy groups -OCH3 is 1. The van der Waals surface area contributed by atoms with E-state index in [-0.39, 0.29) is 5.56 Å². The second-order valence-corrected chi connectivity index (χ2v) is 7.79. The van der Waals surface area contributed by atoms with Crippen molar-refractivity contribution in [1.82, 2.24) is 5.01 Å². The number of nitrogens with zero attached hydrogens (tertiary/aromatic N) is 2. The Morgan fingerprint density at radius 2 is 1.86 bits per heavy atom. The summed E-state index contributed by atoms with van der Waals surface area (Å²) in [7, 11) is 1.58. The van der Waals surface area contributed by atoms with Crippen molar-refractivity contribution in [2.24, 2.45) is 5.10 Å². The van der Waals surface area contributed by atoms with E-state index in [2.05, 4.69) is 5.10 Å². The molecule has 1 aliphatic rings. The van der Waals surface area contributed by atoms with Gasteiger partial charge in [-0.05, 0) is 36.4 Å². The van der Waals surface area contributed by atoms with Gasteiger partial charge in [-0.25, -0.2) is 9.40 Å². The summed E-state index contributed by atoms with van der Waals surface area (Å²) in [6, 6.07) is 20.3. The monoisotopic (exact) mass is 426 g/mol. The predicted octanol–water partition coefficient (Wildman–Crippen LogP) is 5.74. The van der Waals surface area contributed by atoms with Gasteiger partial charge in [0.1, 0.15) is 22.0 Å². The number of ether oxygens (including phenoxy) is 1. The highest BCUT2D eigenvalue weighted by molar-refractivity contribution is 8.14. The number of carbonyl (C=O) groups is 1. The molecule has 3 aromatic carbocycles. The molecular weight excluding hydrogens is 411 g/mol. The van der Waals surface area contributed by atoms with Crippen LogP contribution in [0.25, 0.3) is 0 Å². The number of hydrogen-bond donors (Lipinski definition) is 0. The Morgan fingerprint density at radius 1 is 1.10 bits per heavy atom. The van der Waals surface area contributed by atoms with Crippen molar-refractivity contribution >= 4 is 34.3 Å². The Bertz CT molecular complexity index is 1090. The van der Waals surface area contributed by atoms with Crippen LogP contribution in [0.4, 0.5) is 4.39 Å². The molecule has 0 spiro atoms. The molecule has 0 radical (unpaired) electrons. The van der Waals surface area contributed by atoms with Crippen molar-refractivity contribution in [3.8, 4) is 5.75 Å². The number of amides is 1. The molecule has 0 aliphatic carbocycles. The first-order chi connectivity index (χ1) is 14.1. The molecule has 4 rings (SSSR count). The molecule has 0 fully saturated rings. The Morgan fingerprint density at radius 3 is 2.59 bits per heavy atom. The Kier molecular flexibility index (Phi) is 5.56. The number of halogens is 2. The van der Waals surface area contributed by atoms with Crippen LogP contribution in [0.3, 0.4) is 0 Å². The molecule has 7 heteroatoms. The van der Waals surface area contributed by atoms with E-state index >= 15 is 0 Å². The molecule has 146 valence electrons. The Balaban J connectivity index is 1.77. The fourth-order valence-corrected chi connectivity index (χ4v) is 4.33. The Labute approximate surface area is 176 Å². The van der Waals surface area contributed by atoms with E-state index in [1.165, 1.54) is 35.0 Å². The lowest BCUT2D eigenvalue weighted by Gasteiger charge is -2.22. The van der Waals surface area contributed by atoms with Crippen LogP contribution < -0.4 is 4.74 Å². The van der Waals surface area contributed by atoms with Crippen molar-refractivity contribution in [2.45, 2.75) is 5.37 Å². The molecule has 0 saturated heterocycles. The van der Waals surface area contributed by atoms with Gasteiger partial charge in [0, 0.05) is 21.7 Å². The lowest BCUT2D eigenvalue weighted by atomic mass is 10.1. The standard InChI is InChI=1S/C22H16ClFN2O2S/c1-28-19-8-3-2-7-18(19)22-26(21(27)15-5-4-6-17(24)13-15)25-20(29-22)14-9-11-16(23)12-10-14/h2-13,22H,1H3. The van der Waals surface area contributed by atoms with Crippen molar-refractivity contribution in [3.63, 3.8) is 0 Å². The summed E-state index contributed by atoms with van der Waals surface area (Å²) in [6.45, 7) is 0. The maximum atomic E-state index is 13.7. The number of para-hydroxylation sites is 1. The Hall–Kier alpha value is -2.83. The van der Waals surface area contributed by atoms with Gasteiger partial charge in [0.15, 0.2) is 0 Å². The van der Waals surface area contributed by atoms with Gasteiger partial charge in [0.05, 0.1) is 7.11 Å². The summed E-state index contributed by atoms with van der Waals surface area (Å²) in [6.07, 6.45) is 0. The molecular formula is C22H16ClFN2O2S. The summed E-state index contributed by atoms with van der Waals surface area (Å²) < 4.78 is 19.2. The summed E-state index contributed by atoms with van der Waals surface area (Å²) >= 11 is 7.42. The van der Waals surface area contributed by atoms with E-state index in [4.69, 9.17) is 16.3 Å². The van der Waals surface area contributed by atoms with Gasteiger partial charge < -0.3 is 4.74 Å². The predicted molar refractivity (Wildman–Crippen MR) is 114 cm³/mol. The van der Waals surface area contributed by atoms with Crippen molar-refractivity contribution < 1.29 is 13.9 Å². The topological polar surface area (TPSA) is 41.9 Å². The number of rotatable bonds is 4. The minimum absolute atomic E-state index is 0.228. The fourth-order valence-electron chi connectivity index (χ4n) is 3.02. The molecule has 1 atom stereocenters. The third kappa shape index (κ3) is 3.99. The summed E-state index contributed by atoms with van der Waals surface area (Å²) in [5, 5.41) is 6.78. The van der Waals surface area contributed by atoms with Crippen molar-refractivity contribution in [1.29, 1.82) is 0 Å². The second-order valence-electron chi connectivity index (χ2n) is 6.28. The molecule has 4 nitrogen and oxygen atoms in total. The van der Waals surface area contributed by atoms with Gasteiger partial charge in [-0.2, -0.15) is 5.10 Å². The van der Waals surface area contributed by atoms with Gasteiger partial charge in [0.25, 0.3) is 5.91 Å². The number of thioether (sulfide) groups is 1. The first-order valence-electron chi connectivity index (χ1n) is 8.80. The smallest absolute Gasteiger partial charge is 0.275 e. The summed E-state index contributed by atoms with van der Waals surface area (Å²) in [4.78, 5) is 13.2. The highest BCUT2D eigenvalue weighted by atomic mass is 35.5. The molecule has 1 unspecified atom stereocenters. The van der Waals surface area contributed by atoms with E-state index in [1.807, 2.05) is 36.4 Å². The molecule has 1 amide bonds. The van der Waals surface area contributed by atoms with E-state index in [0.717, 1.165) is 11.1 Å². The molecule has 0 N–H and O–H groups in total. The first kappa shape index (κ1) is 19.5. The molecule has 0 aromatic heterocycles. The van der Waals surface area contributed by atoms with Gasteiger partial charge >= 0.3 is 0 Å². The van der Waals surface area contributed by atoms with Crippen LogP contribution in [0.2, 0.25) is 5.02 Å². The average molecular weight is 427 g/mol. The molecule has 3 aromatic rings. The SMILES string of the molecule is COc1ccccc1C1SC(c2ccc(Cl)cc2)=NN1C(=O)c1cccc(F)c1. The highest BCUT2D eigenvalue weighted by Gasteiger charge is 2.36. The van der Waals surface area contributed by atoms with Gasteiger partial charge in [-0.3, -0.25) is 4.79 Å². The fraction of sp³-hybridized carbons (Fsp3) is 0.0909. The molecule has 0 bridgehead atoms. The zero-order valence-electron chi connectivity index (χ0n) is 15.4. The van der Waals surface area contributed by atoms with E-state index in [1.54, 1.807) is 25.3 Å². The lowest BCUT2D eigenvalue weighted by molar-refractivity contribution is 0.0747. The third-order valence-electron chi connectivity index (χ3n) is 4.42. The van der Waals surface area contributed by atoms with Crippen LogP contribution in [0.15, 0.2) is 77.9 Å².